The molecule has 0 aromatic rings. The molecule has 2 aliphatic rings. The summed E-state index contributed by atoms with van der Waals surface area (Å²) in [5.74, 6) is 0.793. The quantitative estimate of drug-likeness (QED) is 0.751. The van der Waals surface area contributed by atoms with Crippen LogP contribution in [0.5, 0.6) is 0 Å². The third-order valence-corrected chi connectivity index (χ3v) is 3.78. The molecule has 0 aromatic carbocycles. The SMILES string of the molecule is CNCC1(C)CCN(CC2CCOC2)C1. The molecule has 2 heterocycles. The largest absolute Gasteiger partial charge is 0.381 e. The number of hydrogen-bond donors (Lipinski definition) is 1. The number of hydrogen-bond acceptors (Lipinski definition) is 3. The van der Waals surface area contributed by atoms with Crippen molar-refractivity contribution >= 4 is 0 Å². The lowest BCUT2D eigenvalue weighted by molar-refractivity contribution is 0.170. The summed E-state index contributed by atoms with van der Waals surface area (Å²) in [7, 11) is 2.05. The molecule has 0 amide bonds. The Morgan fingerprint density at radius 2 is 2.40 bits per heavy atom. The van der Waals surface area contributed by atoms with Gasteiger partial charge in [0.05, 0.1) is 6.61 Å². The molecule has 88 valence electrons. The maximum absolute atomic E-state index is 5.43. The molecule has 3 nitrogen and oxygen atoms in total. The normalized spacial score (nSPS) is 37.6. The zero-order chi connectivity index (χ0) is 10.7. The minimum atomic E-state index is 0.494. The maximum atomic E-state index is 5.43. The molecule has 0 aliphatic carbocycles. The summed E-state index contributed by atoms with van der Waals surface area (Å²) in [6.45, 7) is 9.28. The van der Waals surface area contributed by atoms with Crippen LogP contribution in [0.4, 0.5) is 0 Å². The Bertz CT molecular complexity index is 204. The summed E-state index contributed by atoms with van der Waals surface area (Å²) in [5.41, 5.74) is 0.494. The van der Waals surface area contributed by atoms with Gasteiger partial charge in [-0.3, -0.25) is 0 Å². The number of ether oxygens (including phenoxy) is 1. The van der Waals surface area contributed by atoms with E-state index < -0.39 is 0 Å². The van der Waals surface area contributed by atoms with Crippen LogP contribution in [0, 0.1) is 11.3 Å². The highest BCUT2D eigenvalue weighted by atomic mass is 16.5. The smallest absolute Gasteiger partial charge is 0.0507 e. The molecule has 0 aromatic heterocycles. The fraction of sp³-hybridized carbons (Fsp3) is 1.00. The Hall–Kier alpha value is -0.120. The third-order valence-electron chi connectivity index (χ3n) is 3.78. The lowest BCUT2D eigenvalue weighted by Crippen LogP contribution is -2.34. The van der Waals surface area contributed by atoms with Crippen LogP contribution < -0.4 is 5.32 Å². The van der Waals surface area contributed by atoms with E-state index in [0.717, 1.165) is 25.7 Å². The van der Waals surface area contributed by atoms with Crippen molar-refractivity contribution in [2.75, 3.05) is 46.4 Å². The number of likely N-dealkylation sites (tertiary alicyclic amines) is 1. The molecule has 0 spiro atoms. The van der Waals surface area contributed by atoms with Crippen molar-refractivity contribution in [3.63, 3.8) is 0 Å². The van der Waals surface area contributed by atoms with Crippen LogP contribution in [0.2, 0.25) is 0 Å². The van der Waals surface area contributed by atoms with E-state index in [1.54, 1.807) is 0 Å². The van der Waals surface area contributed by atoms with Crippen LogP contribution in [0.15, 0.2) is 0 Å². The molecule has 2 atom stereocenters. The lowest BCUT2D eigenvalue weighted by Gasteiger charge is -2.25. The van der Waals surface area contributed by atoms with Crippen molar-refractivity contribution in [2.45, 2.75) is 19.8 Å². The van der Waals surface area contributed by atoms with Gasteiger partial charge >= 0.3 is 0 Å². The van der Waals surface area contributed by atoms with E-state index >= 15 is 0 Å². The van der Waals surface area contributed by atoms with E-state index in [9.17, 15) is 0 Å². The molecule has 2 unspecified atom stereocenters. The Balaban J connectivity index is 1.76. The van der Waals surface area contributed by atoms with Crippen molar-refractivity contribution in [1.82, 2.24) is 10.2 Å². The van der Waals surface area contributed by atoms with E-state index in [2.05, 4.69) is 24.2 Å². The topological polar surface area (TPSA) is 24.5 Å². The first-order valence-electron chi connectivity index (χ1n) is 6.16. The fourth-order valence-electron chi connectivity index (χ4n) is 2.95. The second-order valence-electron chi connectivity index (χ2n) is 5.56. The Labute approximate surface area is 93.2 Å². The Morgan fingerprint density at radius 3 is 3.07 bits per heavy atom. The van der Waals surface area contributed by atoms with Gasteiger partial charge in [-0.1, -0.05) is 6.92 Å². The van der Waals surface area contributed by atoms with Crippen molar-refractivity contribution in [2.24, 2.45) is 11.3 Å². The van der Waals surface area contributed by atoms with Crippen molar-refractivity contribution in [1.29, 1.82) is 0 Å². The Kier molecular flexibility index (Phi) is 3.65. The van der Waals surface area contributed by atoms with Gasteiger partial charge in [0, 0.05) is 26.2 Å². The average Bonchev–Trinajstić information content (AvgIpc) is 2.78. The van der Waals surface area contributed by atoms with Gasteiger partial charge in [0.15, 0.2) is 0 Å². The second-order valence-corrected chi connectivity index (χ2v) is 5.56. The summed E-state index contributed by atoms with van der Waals surface area (Å²) >= 11 is 0. The Morgan fingerprint density at radius 1 is 1.53 bits per heavy atom. The van der Waals surface area contributed by atoms with E-state index in [1.807, 2.05) is 0 Å². The summed E-state index contributed by atoms with van der Waals surface area (Å²) in [5, 5.41) is 3.31. The van der Waals surface area contributed by atoms with E-state index in [4.69, 9.17) is 4.74 Å². The standard InChI is InChI=1S/C12H24N2O/c1-12(9-13-2)4-5-14(10-12)7-11-3-6-15-8-11/h11,13H,3-10H2,1-2H3. The van der Waals surface area contributed by atoms with Crippen molar-refractivity contribution in [3.8, 4) is 0 Å². The highest BCUT2D eigenvalue weighted by Crippen LogP contribution is 2.30. The minimum absolute atomic E-state index is 0.494. The van der Waals surface area contributed by atoms with Crippen LogP contribution in [0.1, 0.15) is 19.8 Å². The predicted octanol–water partition coefficient (Wildman–Crippen LogP) is 0.954. The molecule has 1 N–H and O–H groups in total. The summed E-state index contributed by atoms with van der Waals surface area (Å²) < 4.78 is 5.43. The number of rotatable bonds is 4. The molecule has 2 rings (SSSR count). The van der Waals surface area contributed by atoms with Crippen LogP contribution in [-0.2, 0) is 4.74 Å². The summed E-state index contributed by atoms with van der Waals surface area (Å²) in [6.07, 6.45) is 2.60. The first kappa shape index (κ1) is 11.4. The van der Waals surface area contributed by atoms with Gasteiger partial charge in [-0.2, -0.15) is 0 Å². The van der Waals surface area contributed by atoms with Gasteiger partial charge in [-0.15, -0.1) is 0 Å². The molecule has 3 heteroatoms. The number of nitrogens with zero attached hydrogens (tertiary/aromatic N) is 1. The van der Waals surface area contributed by atoms with Gasteiger partial charge in [0.2, 0.25) is 0 Å². The predicted molar refractivity (Wildman–Crippen MR) is 62.0 cm³/mol. The van der Waals surface area contributed by atoms with Crippen LogP contribution in [-0.4, -0.2) is 51.3 Å². The molecule has 2 aliphatic heterocycles. The van der Waals surface area contributed by atoms with Crippen molar-refractivity contribution in [3.05, 3.63) is 0 Å². The maximum Gasteiger partial charge on any atom is 0.0507 e. The average molecular weight is 212 g/mol. The molecule has 15 heavy (non-hydrogen) atoms. The second kappa shape index (κ2) is 4.81. The number of nitrogens with one attached hydrogen (secondary N) is 1. The molecule has 0 radical (unpaired) electrons. The van der Waals surface area contributed by atoms with E-state index in [0.29, 0.717) is 5.41 Å². The summed E-state index contributed by atoms with van der Waals surface area (Å²) in [6, 6.07) is 0. The van der Waals surface area contributed by atoms with Crippen LogP contribution in [0.3, 0.4) is 0 Å². The third kappa shape index (κ3) is 2.92. The van der Waals surface area contributed by atoms with Gasteiger partial charge in [-0.05, 0) is 37.8 Å². The highest BCUT2D eigenvalue weighted by molar-refractivity contribution is 4.88. The van der Waals surface area contributed by atoms with Gasteiger partial charge in [-0.25, -0.2) is 0 Å². The van der Waals surface area contributed by atoms with Gasteiger partial charge in [0.25, 0.3) is 0 Å². The highest BCUT2D eigenvalue weighted by Gasteiger charge is 2.34. The molecular weight excluding hydrogens is 188 g/mol. The lowest BCUT2D eigenvalue weighted by atomic mass is 9.90. The molecule has 0 bridgehead atoms. The molecular formula is C12H24N2O. The van der Waals surface area contributed by atoms with Crippen LogP contribution in [0.25, 0.3) is 0 Å². The van der Waals surface area contributed by atoms with E-state index in [-0.39, 0.29) is 0 Å². The fourth-order valence-corrected chi connectivity index (χ4v) is 2.95. The minimum Gasteiger partial charge on any atom is -0.381 e. The van der Waals surface area contributed by atoms with E-state index in [1.165, 1.54) is 32.5 Å². The monoisotopic (exact) mass is 212 g/mol. The zero-order valence-electron chi connectivity index (χ0n) is 10.1. The molecule has 0 saturated carbocycles. The van der Waals surface area contributed by atoms with Gasteiger partial charge < -0.3 is 15.0 Å². The molecule has 2 saturated heterocycles. The van der Waals surface area contributed by atoms with Crippen LogP contribution >= 0.6 is 0 Å². The van der Waals surface area contributed by atoms with Gasteiger partial charge in [0.1, 0.15) is 0 Å². The van der Waals surface area contributed by atoms with Crippen molar-refractivity contribution < 1.29 is 4.74 Å². The zero-order valence-corrected chi connectivity index (χ0v) is 10.1. The summed E-state index contributed by atoms with van der Waals surface area (Å²) in [4.78, 5) is 2.62. The first-order chi connectivity index (χ1) is 7.22. The molecule has 2 fully saturated rings. The first-order valence-corrected chi connectivity index (χ1v) is 6.16.